The van der Waals surface area contributed by atoms with Crippen molar-refractivity contribution in [1.82, 2.24) is 0 Å². The lowest BCUT2D eigenvalue weighted by Crippen LogP contribution is -2.26. The van der Waals surface area contributed by atoms with Gasteiger partial charge in [-0.05, 0) is 76.7 Å². The highest BCUT2D eigenvalue weighted by Crippen LogP contribution is 2.43. The molecule has 0 aromatic heterocycles. The number of carbonyl (C=O) groups is 4. The lowest BCUT2D eigenvalue weighted by molar-refractivity contribution is 0.0124. The topological polar surface area (TPSA) is 147 Å². The lowest BCUT2D eigenvalue weighted by Gasteiger charge is -2.28. The fourth-order valence-electron chi connectivity index (χ4n) is 6.99. The van der Waals surface area contributed by atoms with Crippen LogP contribution in [0.2, 0.25) is 0 Å². The number of hydrogen-bond acceptors (Lipinski definition) is 6. The molecule has 0 unspecified atom stereocenters. The van der Waals surface area contributed by atoms with Gasteiger partial charge in [0.1, 0.15) is 6.61 Å². The average molecular weight is 829 g/mol. The number of carbonyl (C=O) groups excluding carboxylic acids is 1. The second kappa shape index (κ2) is 23.8. The summed E-state index contributed by atoms with van der Waals surface area (Å²) in [6, 6.07) is 64.0. The Bertz CT molecular complexity index is 2270. The molecule has 0 saturated carbocycles. The van der Waals surface area contributed by atoms with E-state index in [2.05, 4.69) is 91.9 Å². The van der Waals surface area contributed by atoms with E-state index in [1.807, 2.05) is 18.2 Å². The number of carboxylic acid groups (broad SMARTS) is 3. The molecule has 3 atom stereocenters. The molecule has 0 bridgehead atoms. The maximum atomic E-state index is 12.6. The normalized spacial score (nSPS) is 14.9. The van der Waals surface area contributed by atoms with Gasteiger partial charge in [0, 0.05) is 11.8 Å². The van der Waals surface area contributed by atoms with E-state index in [-0.39, 0.29) is 30.5 Å². The first-order valence-corrected chi connectivity index (χ1v) is 20.0. The second-order valence-corrected chi connectivity index (χ2v) is 14.2. The van der Waals surface area contributed by atoms with Crippen LogP contribution in [0.15, 0.2) is 206 Å². The van der Waals surface area contributed by atoms with E-state index in [0.717, 1.165) is 0 Å². The Kier molecular flexibility index (Phi) is 17.5. The fourth-order valence-corrected chi connectivity index (χ4v) is 6.99. The van der Waals surface area contributed by atoms with Gasteiger partial charge in [-0.25, -0.2) is 19.2 Å². The standard InChI is InChI=1S/C32H30O3.3C7H6O2/c1-23-21-34-29(22-35-32(33)26-17-9-4-10-18-26)30(23)27-19-11-12-20-28(27)31(24-13-5-2-6-14-24)25-15-7-3-8-16-25;3*8-7(9)6-4-2-1-3-5-6/h2-20,23,29-31H,21-22H2,1H3;3*1-5H,(H,8,9)/t23-,29-,30-;;;/m0.../s1. The summed E-state index contributed by atoms with van der Waals surface area (Å²) in [5.41, 5.74) is 6.59. The Morgan fingerprint density at radius 2 is 0.839 bits per heavy atom. The van der Waals surface area contributed by atoms with Gasteiger partial charge in [-0.1, -0.05) is 165 Å². The quantitative estimate of drug-likeness (QED) is 0.0905. The Balaban J connectivity index is 0.000000215. The minimum Gasteiger partial charge on any atom is -0.478 e. The first-order valence-electron chi connectivity index (χ1n) is 20.0. The van der Waals surface area contributed by atoms with Gasteiger partial charge in [0.2, 0.25) is 0 Å². The number of aromatic carboxylic acids is 3. The van der Waals surface area contributed by atoms with Crippen LogP contribution >= 0.6 is 0 Å². The van der Waals surface area contributed by atoms with Crippen molar-refractivity contribution < 1.29 is 44.0 Å². The molecule has 9 nitrogen and oxygen atoms in total. The first-order chi connectivity index (χ1) is 30.1. The molecule has 9 heteroatoms. The van der Waals surface area contributed by atoms with Crippen LogP contribution in [0, 0.1) is 5.92 Å². The molecule has 1 saturated heterocycles. The molecular formula is C53H48O9. The van der Waals surface area contributed by atoms with E-state index in [1.165, 1.54) is 22.3 Å². The number of ether oxygens (including phenoxy) is 2. The van der Waals surface area contributed by atoms with Gasteiger partial charge in [0.25, 0.3) is 0 Å². The molecule has 8 rings (SSSR count). The Morgan fingerprint density at radius 3 is 1.21 bits per heavy atom. The third kappa shape index (κ3) is 13.5. The molecule has 1 aliphatic rings. The van der Waals surface area contributed by atoms with Crippen LogP contribution in [-0.4, -0.2) is 58.5 Å². The summed E-state index contributed by atoms with van der Waals surface area (Å²) in [6.45, 7) is 3.10. The highest BCUT2D eigenvalue weighted by molar-refractivity contribution is 5.89. The van der Waals surface area contributed by atoms with E-state index < -0.39 is 17.9 Å². The Morgan fingerprint density at radius 1 is 0.500 bits per heavy atom. The molecule has 0 aliphatic carbocycles. The molecule has 7 aromatic rings. The van der Waals surface area contributed by atoms with Crippen molar-refractivity contribution in [3.63, 3.8) is 0 Å². The summed E-state index contributed by atoms with van der Waals surface area (Å²) in [7, 11) is 0. The van der Waals surface area contributed by atoms with Gasteiger partial charge in [-0.15, -0.1) is 0 Å². The van der Waals surface area contributed by atoms with Crippen LogP contribution in [0.1, 0.15) is 82.4 Å². The zero-order chi connectivity index (χ0) is 44.1. The molecular weight excluding hydrogens is 781 g/mol. The van der Waals surface area contributed by atoms with Crippen LogP contribution in [0.4, 0.5) is 0 Å². The van der Waals surface area contributed by atoms with Crippen molar-refractivity contribution in [2.45, 2.75) is 24.9 Å². The van der Waals surface area contributed by atoms with E-state index >= 15 is 0 Å². The van der Waals surface area contributed by atoms with Crippen molar-refractivity contribution in [3.8, 4) is 0 Å². The Hall–Kier alpha value is -7.62. The van der Waals surface area contributed by atoms with E-state index in [4.69, 9.17) is 24.8 Å². The SMILES string of the molecule is C[C@H]1CO[C@@H](COC(=O)c2ccccc2)[C@@H]1c1ccccc1C(c1ccccc1)c1ccccc1.O=C(O)c1ccccc1.O=C(O)c1ccccc1.O=C(O)c1ccccc1. The van der Waals surface area contributed by atoms with Crippen LogP contribution in [0.25, 0.3) is 0 Å². The molecule has 1 aliphatic heterocycles. The van der Waals surface area contributed by atoms with Gasteiger partial charge >= 0.3 is 23.9 Å². The van der Waals surface area contributed by atoms with E-state index in [1.54, 1.807) is 103 Å². The summed E-state index contributed by atoms with van der Waals surface area (Å²) >= 11 is 0. The summed E-state index contributed by atoms with van der Waals surface area (Å²) in [5, 5.41) is 25.2. The van der Waals surface area contributed by atoms with Gasteiger partial charge in [-0.3, -0.25) is 0 Å². The fraction of sp³-hybridized carbons (Fsp3) is 0.132. The largest absolute Gasteiger partial charge is 0.478 e. The predicted molar refractivity (Wildman–Crippen MR) is 239 cm³/mol. The molecule has 0 radical (unpaired) electrons. The number of benzene rings is 7. The van der Waals surface area contributed by atoms with Crippen LogP contribution in [-0.2, 0) is 9.47 Å². The smallest absolute Gasteiger partial charge is 0.338 e. The second-order valence-electron chi connectivity index (χ2n) is 14.2. The highest BCUT2D eigenvalue weighted by Gasteiger charge is 2.38. The third-order valence-corrected chi connectivity index (χ3v) is 9.97. The van der Waals surface area contributed by atoms with Gasteiger partial charge < -0.3 is 24.8 Å². The predicted octanol–water partition coefficient (Wildman–Crippen LogP) is 11.0. The number of esters is 1. The number of rotatable bonds is 10. The number of carboxylic acids is 3. The molecule has 0 amide bonds. The zero-order valence-electron chi connectivity index (χ0n) is 34.1. The maximum absolute atomic E-state index is 12.6. The minimum atomic E-state index is -0.879. The summed E-state index contributed by atoms with van der Waals surface area (Å²) in [4.78, 5) is 43.2. The molecule has 1 fully saturated rings. The number of hydrogen-bond donors (Lipinski definition) is 3. The summed E-state index contributed by atoms with van der Waals surface area (Å²) in [6.07, 6.45) is -0.189. The molecule has 3 N–H and O–H groups in total. The van der Waals surface area contributed by atoms with Crippen LogP contribution < -0.4 is 0 Å². The van der Waals surface area contributed by atoms with Gasteiger partial charge in [0.15, 0.2) is 0 Å². The van der Waals surface area contributed by atoms with Gasteiger partial charge in [0.05, 0.1) is 35.0 Å². The van der Waals surface area contributed by atoms with Gasteiger partial charge in [-0.2, -0.15) is 0 Å². The monoisotopic (exact) mass is 828 g/mol. The van der Waals surface area contributed by atoms with Crippen molar-refractivity contribution in [1.29, 1.82) is 0 Å². The summed E-state index contributed by atoms with van der Waals surface area (Å²) in [5.74, 6) is -2.41. The highest BCUT2D eigenvalue weighted by atomic mass is 16.6. The van der Waals surface area contributed by atoms with Crippen molar-refractivity contribution >= 4 is 23.9 Å². The van der Waals surface area contributed by atoms with E-state index in [0.29, 0.717) is 34.8 Å². The molecule has 0 spiro atoms. The average Bonchev–Trinajstić information content (AvgIpc) is 3.70. The lowest BCUT2D eigenvalue weighted by atomic mass is 9.76. The molecule has 7 aromatic carbocycles. The van der Waals surface area contributed by atoms with Crippen molar-refractivity contribution in [2.75, 3.05) is 13.2 Å². The third-order valence-electron chi connectivity index (χ3n) is 9.97. The Labute approximate surface area is 361 Å². The minimum absolute atomic E-state index is 0.105. The van der Waals surface area contributed by atoms with Crippen molar-refractivity contribution in [2.24, 2.45) is 5.92 Å². The van der Waals surface area contributed by atoms with Crippen LogP contribution in [0.5, 0.6) is 0 Å². The van der Waals surface area contributed by atoms with Crippen LogP contribution in [0.3, 0.4) is 0 Å². The van der Waals surface area contributed by atoms with E-state index in [9.17, 15) is 19.2 Å². The summed E-state index contributed by atoms with van der Waals surface area (Å²) < 4.78 is 11.9. The zero-order valence-corrected chi connectivity index (χ0v) is 34.1. The molecule has 62 heavy (non-hydrogen) atoms. The molecule has 1 heterocycles. The maximum Gasteiger partial charge on any atom is 0.338 e. The molecule has 314 valence electrons. The first kappa shape index (κ1) is 45.5. The van der Waals surface area contributed by atoms with Crippen molar-refractivity contribution in [3.05, 3.63) is 251 Å².